The summed E-state index contributed by atoms with van der Waals surface area (Å²) in [5.74, 6) is -0.197. The number of phosphoric ester groups is 1. The Bertz CT molecular complexity index is 1700. The number of nitrogens with one attached hydrogen (secondary N) is 1. The van der Waals surface area contributed by atoms with Gasteiger partial charge in [-0.25, -0.2) is 4.57 Å². The van der Waals surface area contributed by atoms with Crippen molar-refractivity contribution in [3.8, 4) is 0 Å². The van der Waals surface area contributed by atoms with Gasteiger partial charge in [-0.2, -0.15) is 0 Å². The largest absolute Gasteiger partial charge is 0.472 e. The number of hydrogen-bond acceptors (Lipinski definition) is 5. The first kappa shape index (κ1) is 75.9. The lowest BCUT2D eigenvalue weighted by Crippen LogP contribution is -2.45. The average Bonchev–Trinajstić information content (AvgIpc) is 3.42. The highest BCUT2D eigenvalue weighted by molar-refractivity contribution is 7.47. The van der Waals surface area contributed by atoms with Crippen LogP contribution in [-0.4, -0.2) is 73.4 Å². The molecule has 0 fully saturated rings. The summed E-state index contributed by atoms with van der Waals surface area (Å²) in [6, 6.07) is -0.881. The molecule has 0 bridgehead atoms. The molecule has 8 nitrogen and oxygen atoms in total. The summed E-state index contributed by atoms with van der Waals surface area (Å²) in [5.41, 5.74) is 0. The van der Waals surface area contributed by atoms with Crippen LogP contribution in [0.1, 0.15) is 264 Å². The van der Waals surface area contributed by atoms with Gasteiger partial charge in [0, 0.05) is 6.42 Å². The topological polar surface area (TPSA) is 105 Å². The van der Waals surface area contributed by atoms with Gasteiger partial charge in [-0.15, -0.1) is 0 Å². The lowest BCUT2D eigenvalue weighted by molar-refractivity contribution is -0.870. The van der Waals surface area contributed by atoms with Crippen molar-refractivity contribution in [2.24, 2.45) is 0 Å². The van der Waals surface area contributed by atoms with Gasteiger partial charge in [0.2, 0.25) is 5.91 Å². The summed E-state index contributed by atoms with van der Waals surface area (Å²) in [4.78, 5) is 23.4. The third kappa shape index (κ3) is 62.4. The lowest BCUT2D eigenvalue weighted by Gasteiger charge is -2.25. The highest BCUT2D eigenvalue weighted by Gasteiger charge is 2.27. The Kier molecular flexibility index (Phi) is 57.2. The van der Waals surface area contributed by atoms with E-state index in [1.54, 1.807) is 6.08 Å². The molecule has 79 heavy (non-hydrogen) atoms. The summed E-state index contributed by atoms with van der Waals surface area (Å²) < 4.78 is 23.7. The first-order chi connectivity index (χ1) is 38.5. The van der Waals surface area contributed by atoms with Crippen LogP contribution in [-0.2, 0) is 18.4 Å². The monoisotopic (exact) mass is 1120 g/mol. The van der Waals surface area contributed by atoms with E-state index in [9.17, 15) is 19.4 Å². The molecule has 3 unspecified atom stereocenters. The van der Waals surface area contributed by atoms with Gasteiger partial charge in [0.1, 0.15) is 13.2 Å². The van der Waals surface area contributed by atoms with Crippen LogP contribution < -0.4 is 5.32 Å². The number of nitrogens with zero attached hydrogens (tertiary/aromatic N) is 1. The minimum atomic E-state index is -4.37. The second kappa shape index (κ2) is 59.5. The highest BCUT2D eigenvalue weighted by Crippen LogP contribution is 2.43. The summed E-state index contributed by atoms with van der Waals surface area (Å²) in [6.07, 6.45) is 88.9. The predicted molar refractivity (Wildman–Crippen MR) is 345 cm³/mol. The number of rotatable bonds is 58. The third-order valence-electron chi connectivity index (χ3n) is 13.9. The predicted octanol–water partition coefficient (Wildman–Crippen LogP) is 20.5. The van der Waals surface area contributed by atoms with E-state index < -0.39 is 20.0 Å². The first-order valence-corrected chi connectivity index (χ1v) is 33.9. The lowest BCUT2D eigenvalue weighted by atomic mass is 10.0. The number of hydrogen-bond donors (Lipinski definition) is 3. The molecule has 3 N–H and O–H groups in total. The van der Waals surface area contributed by atoms with Crippen LogP contribution in [0.2, 0.25) is 0 Å². The van der Waals surface area contributed by atoms with Crippen molar-refractivity contribution < 1.29 is 32.9 Å². The van der Waals surface area contributed by atoms with Crippen molar-refractivity contribution in [1.82, 2.24) is 5.32 Å². The fourth-order valence-corrected chi connectivity index (χ4v) is 9.61. The molecule has 0 saturated heterocycles. The molecule has 1 amide bonds. The van der Waals surface area contributed by atoms with Crippen LogP contribution in [0.4, 0.5) is 0 Å². The third-order valence-corrected chi connectivity index (χ3v) is 14.9. The van der Waals surface area contributed by atoms with Gasteiger partial charge in [-0.05, 0) is 103 Å². The molecular formula is C70H124N2O6P+. The number of phosphoric acid groups is 1. The van der Waals surface area contributed by atoms with Crippen LogP contribution in [0.3, 0.4) is 0 Å². The molecule has 0 aliphatic heterocycles. The van der Waals surface area contributed by atoms with Crippen molar-refractivity contribution >= 4 is 13.7 Å². The Morgan fingerprint density at radius 1 is 0.443 bits per heavy atom. The Morgan fingerprint density at radius 2 is 0.772 bits per heavy atom. The van der Waals surface area contributed by atoms with Gasteiger partial charge in [0.05, 0.1) is 39.9 Å². The molecule has 0 spiro atoms. The Hall–Kier alpha value is -3.10. The number of aliphatic hydroxyl groups is 1. The minimum Gasteiger partial charge on any atom is -0.387 e. The summed E-state index contributed by atoms with van der Waals surface area (Å²) in [7, 11) is 1.53. The highest BCUT2D eigenvalue weighted by atomic mass is 31.2. The molecule has 0 aromatic rings. The van der Waals surface area contributed by atoms with E-state index in [4.69, 9.17) is 9.05 Å². The van der Waals surface area contributed by atoms with E-state index in [-0.39, 0.29) is 19.1 Å². The molecule has 0 saturated carbocycles. The van der Waals surface area contributed by atoms with E-state index in [0.29, 0.717) is 17.4 Å². The van der Waals surface area contributed by atoms with Gasteiger partial charge in [-0.1, -0.05) is 277 Å². The van der Waals surface area contributed by atoms with Crippen LogP contribution in [0.15, 0.2) is 122 Å². The smallest absolute Gasteiger partial charge is 0.387 e. The first-order valence-electron chi connectivity index (χ1n) is 32.4. The number of unbranched alkanes of at least 4 members (excludes halogenated alkanes) is 27. The molecule has 0 aromatic carbocycles. The fourth-order valence-electron chi connectivity index (χ4n) is 8.88. The number of amides is 1. The van der Waals surface area contributed by atoms with Crippen LogP contribution in [0.5, 0.6) is 0 Å². The molecule has 0 heterocycles. The molecule has 3 atom stereocenters. The molecule has 0 rings (SSSR count). The number of allylic oxidation sites excluding steroid dienone is 19. The van der Waals surface area contributed by atoms with Gasteiger partial charge < -0.3 is 19.8 Å². The average molecular weight is 1120 g/mol. The molecule has 0 aliphatic carbocycles. The zero-order valence-electron chi connectivity index (χ0n) is 51.8. The second-order valence-electron chi connectivity index (χ2n) is 22.7. The minimum absolute atomic E-state index is 0.0475. The van der Waals surface area contributed by atoms with Crippen molar-refractivity contribution in [3.63, 3.8) is 0 Å². The normalized spacial score (nSPS) is 14.6. The summed E-state index contributed by atoms with van der Waals surface area (Å²) in [6.45, 7) is 4.68. The maximum absolute atomic E-state index is 13.0. The number of carbonyl (C=O) groups is 1. The van der Waals surface area contributed by atoms with Crippen LogP contribution in [0, 0.1) is 0 Å². The van der Waals surface area contributed by atoms with Crippen molar-refractivity contribution in [3.05, 3.63) is 122 Å². The Balaban J connectivity index is 4.22. The van der Waals surface area contributed by atoms with Crippen molar-refractivity contribution in [1.29, 1.82) is 0 Å². The SMILES string of the molecule is CC/C=C\C/C=C\C/C=C\C/C=C\C/C=C\C/C=C\C/C=C\CCCCCCCCCCCCCC(=O)NC(COP(=O)(O)OCC[N+](C)(C)C)C(O)/C=C/CC/C=C/CC/C=C/CCCCCCCCCCCCCCCC. The maximum atomic E-state index is 13.0. The Labute approximate surface area is 488 Å². The van der Waals surface area contributed by atoms with E-state index in [1.165, 1.54) is 154 Å². The summed E-state index contributed by atoms with van der Waals surface area (Å²) in [5, 5.41) is 13.9. The van der Waals surface area contributed by atoms with Crippen LogP contribution in [0.25, 0.3) is 0 Å². The number of quaternary nitrogens is 1. The molecular weight excluding hydrogens is 996 g/mol. The quantitative estimate of drug-likeness (QED) is 0.0243. The van der Waals surface area contributed by atoms with Gasteiger partial charge in [-0.3, -0.25) is 13.8 Å². The van der Waals surface area contributed by atoms with E-state index in [1.807, 2.05) is 27.2 Å². The van der Waals surface area contributed by atoms with Crippen molar-refractivity contribution in [2.75, 3.05) is 40.9 Å². The molecule has 0 aromatic heterocycles. The fraction of sp³-hybridized carbons (Fsp3) is 0.700. The standard InChI is InChI=1S/C70H123N2O6P/c1-6-8-10-12-14-16-18-20-22-24-26-28-30-32-33-34-35-36-37-38-39-40-42-44-46-48-50-52-54-56-58-60-62-64-70(74)71-68(67-78-79(75,76)77-66-65-72(3,4)5)69(73)63-61-59-57-55-53-51-49-47-45-43-41-31-29-27-25-23-21-19-17-15-13-11-9-7-2/h8,10,14,16,20,22,26,28,32-33,35-36,38-39,45,47,53,55,61,63,68-69,73H,6-7,9,11-13,15,17-19,21,23-25,27,29-31,34,37,40-44,46,48-52,54,56-60,62,64-67H2,1-5H3,(H-,71,74,75,76)/p+1/b10-8-,16-14-,22-20-,28-26-,33-32-,36-35-,39-38-,47-45+,55-53+,63-61+. The van der Waals surface area contributed by atoms with E-state index in [2.05, 4.69) is 129 Å². The van der Waals surface area contributed by atoms with Gasteiger partial charge in [0.15, 0.2) is 0 Å². The second-order valence-corrected chi connectivity index (χ2v) is 24.2. The molecule has 0 aliphatic rings. The van der Waals surface area contributed by atoms with Crippen molar-refractivity contribution in [2.45, 2.75) is 276 Å². The zero-order chi connectivity index (χ0) is 57.7. The molecule has 9 heteroatoms. The van der Waals surface area contributed by atoms with Gasteiger partial charge >= 0.3 is 7.82 Å². The van der Waals surface area contributed by atoms with E-state index >= 15 is 0 Å². The molecule has 0 radical (unpaired) electrons. The van der Waals surface area contributed by atoms with Crippen LogP contribution >= 0.6 is 7.82 Å². The maximum Gasteiger partial charge on any atom is 0.472 e. The Morgan fingerprint density at radius 3 is 1.16 bits per heavy atom. The number of aliphatic hydroxyl groups excluding tert-OH is 1. The number of carbonyl (C=O) groups excluding carboxylic acids is 1. The van der Waals surface area contributed by atoms with E-state index in [0.717, 1.165) is 89.9 Å². The molecule has 454 valence electrons. The summed E-state index contributed by atoms with van der Waals surface area (Å²) >= 11 is 0. The van der Waals surface area contributed by atoms with Gasteiger partial charge in [0.25, 0.3) is 0 Å². The number of likely N-dealkylation sites (N-methyl/N-ethyl adjacent to an activating group) is 1. The zero-order valence-corrected chi connectivity index (χ0v) is 52.7.